The number of carbonyl (C=O) groups is 3. The molecule has 1 aliphatic heterocycles. The molecule has 0 spiro atoms. The number of hydrogen-bond acceptors (Lipinski definition) is 7. The first kappa shape index (κ1) is 21.0. The Balaban J connectivity index is 1.58. The molecule has 0 unspecified atom stereocenters. The van der Waals surface area contributed by atoms with Crippen molar-refractivity contribution in [3.8, 4) is 11.5 Å². The normalized spacial score (nSPS) is 13.7. The Hall–Kier alpha value is -2.74. The molecule has 2 heterocycles. The third-order valence-electron chi connectivity index (χ3n) is 4.58. The van der Waals surface area contributed by atoms with Crippen LogP contribution in [-0.4, -0.2) is 47.6 Å². The van der Waals surface area contributed by atoms with Crippen LogP contribution in [0.1, 0.15) is 46.0 Å². The maximum absolute atomic E-state index is 12.7. The Morgan fingerprint density at radius 1 is 1.17 bits per heavy atom. The van der Waals surface area contributed by atoms with Crippen LogP contribution in [0.15, 0.2) is 23.1 Å². The van der Waals surface area contributed by atoms with E-state index >= 15 is 0 Å². The van der Waals surface area contributed by atoms with Gasteiger partial charge in [0.2, 0.25) is 5.78 Å². The Morgan fingerprint density at radius 2 is 1.86 bits per heavy atom. The van der Waals surface area contributed by atoms with Gasteiger partial charge in [0.25, 0.3) is 0 Å². The first-order chi connectivity index (χ1) is 13.8. The molecule has 0 saturated carbocycles. The van der Waals surface area contributed by atoms with E-state index in [9.17, 15) is 14.4 Å². The average Bonchev–Trinajstić information content (AvgIpc) is 2.99. The Morgan fingerprint density at radius 3 is 2.52 bits per heavy atom. The van der Waals surface area contributed by atoms with Gasteiger partial charge in [0.1, 0.15) is 13.2 Å². The Bertz CT molecular complexity index is 964. The van der Waals surface area contributed by atoms with Crippen molar-refractivity contribution in [1.82, 2.24) is 4.98 Å². The highest BCUT2D eigenvalue weighted by Gasteiger charge is 2.26. The molecule has 29 heavy (non-hydrogen) atoms. The van der Waals surface area contributed by atoms with E-state index in [4.69, 9.17) is 14.2 Å². The summed E-state index contributed by atoms with van der Waals surface area (Å²) in [5, 5.41) is 0. The van der Waals surface area contributed by atoms with Gasteiger partial charge in [-0.2, -0.15) is 0 Å². The van der Waals surface area contributed by atoms with Gasteiger partial charge in [-0.1, -0.05) is 0 Å². The molecule has 0 saturated heterocycles. The molecule has 0 aliphatic carbocycles. The number of carbonyl (C=O) groups excluding carboxylic acids is 3. The molecule has 0 fully saturated rings. The number of nitrogens with one attached hydrogen (secondary N) is 1. The molecule has 0 amide bonds. The number of aromatic nitrogens is 1. The van der Waals surface area contributed by atoms with Crippen LogP contribution in [0, 0.1) is 13.8 Å². The number of aryl methyl sites for hydroxylation is 1. The molecule has 1 aliphatic rings. The first-order valence-electron chi connectivity index (χ1n) is 9.24. The lowest BCUT2D eigenvalue weighted by Crippen LogP contribution is -2.26. The minimum Gasteiger partial charge on any atom is -0.486 e. The summed E-state index contributed by atoms with van der Waals surface area (Å²) in [4.78, 5) is 40.4. The predicted octanol–water partition coefficient (Wildman–Crippen LogP) is 3.51. The van der Waals surface area contributed by atoms with Crippen molar-refractivity contribution in [2.75, 3.05) is 19.0 Å². The van der Waals surface area contributed by atoms with Crippen LogP contribution < -0.4 is 9.47 Å². The molecule has 7 nitrogen and oxygen atoms in total. The van der Waals surface area contributed by atoms with E-state index in [-0.39, 0.29) is 17.3 Å². The number of ether oxygens (including phenoxy) is 3. The molecule has 0 bridgehead atoms. The summed E-state index contributed by atoms with van der Waals surface area (Å²) >= 11 is 1.29. The van der Waals surface area contributed by atoms with E-state index in [2.05, 4.69) is 4.98 Å². The largest absolute Gasteiger partial charge is 0.486 e. The monoisotopic (exact) mass is 417 g/mol. The Labute approximate surface area is 173 Å². The van der Waals surface area contributed by atoms with Crippen LogP contribution in [0.25, 0.3) is 0 Å². The van der Waals surface area contributed by atoms with Crippen LogP contribution in [0.2, 0.25) is 0 Å². The number of thioether (sulfide) groups is 1. The van der Waals surface area contributed by atoms with E-state index in [1.54, 1.807) is 19.9 Å². The van der Waals surface area contributed by atoms with Crippen LogP contribution in [0.4, 0.5) is 0 Å². The Kier molecular flexibility index (Phi) is 6.32. The van der Waals surface area contributed by atoms with E-state index < -0.39 is 12.1 Å². The quantitative estimate of drug-likeness (QED) is 0.418. The van der Waals surface area contributed by atoms with E-state index in [0.29, 0.717) is 47.2 Å². The molecule has 2 aromatic rings. The minimum absolute atomic E-state index is 0.0543. The van der Waals surface area contributed by atoms with Gasteiger partial charge in [-0.05, 0) is 51.5 Å². The molecular formula is C21H23NO6S. The smallest absolute Gasteiger partial charge is 0.316 e. The molecule has 0 radical (unpaired) electrons. The summed E-state index contributed by atoms with van der Waals surface area (Å²) in [5.41, 5.74) is 2.01. The second kappa shape index (κ2) is 8.73. The lowest BCUT2D eigenvalue weighted by Gasteiger charge is -2.18. The summed E-state index contributed by atoms with van der Waals surface area (Å²) in [6.07, 6.45) is -0.958. The van der Waals surface area contributed by atoms with E-state index in [1.165, 1.54) is 25.6 Å². The van der Waals surface area contributed by atoms with E-state index in [0.717, 1.165) is 4.90 Å². The van der Waals surface area contributed by atoms with Gasteiger partial charge in [-0.15, -0.1) is 11.8 Å². The van der Waals surface area contributed by atoms with Gasteiger partial charge >= 0.3 is 5.97 Å². The number of Topliss-reactive ketones (excluding diaryl/α,β-unsaturated/α-hetero) is 2. The second-order valence-corrected chi connectivity index (χ2v) is 7.82. The molecule has 154 valence electrons. The lowest BCUT2D eigenvalue weighted by atomic mass is 10.0. The number of rotatable bonds is 7. The number of hydrogen-bond donors (Lipinski definition) is 1. The fraction of sp³-hybridized carbons (Fsp3) is 0.381. The van der Waals surface area contributed by atoms with Crippen LogP contribution in [0.3, 0.4) is 0 Å². The van der Waals surface area contributed by atoms with Crippen LogP contribution >= 0.6 is 11.8 Å². The van der Waals surface area contributed by atoms with Crippen molar-refractivity contribution in [2.45, 2.75) is 38.7 Å². The van der Waals surface area contributed by atoms with Crippen molar-refractivity contribution in [1.29, 1.82) is 0 Å². The molecule has 8 heteroatoms. The fourth-order valence-corrected chi connectivity index (χ4v) is 3.98. The number of aromatic amines is 1. The third-order valence-corrected chi connectivity index (χ3v) is 5.55. The van der Waals surface area contributed by atoms with Crippen molar-refractivity contribution in [3.63, 3.8) is 0 Å². The molecular weight excluding hydrogens is 394 g/mol. The lowest BCUT2D eigenvalue weighted by molar-refractivity contribution is -0.143. The maximum Gasteiger partial charge on any atom is 0.316 e. The van der Waals surface area contributed by atoms with Crippen molar-refractivity contribution in [3.05, 3.63) is 40.7 Å². The SMILES string of the molecule is CC(=O)c1c(C)[nH]c(C(=O)[C@@H](C)OC(=O)CSc2ccc3c(c2)OCCO3)c1C. The molecule has 1 atom stereocenters. The number of ketones is 2. The summed E-state index contributed by atoms with van der Waals surface area (Å²) in [7, 11) is 0. The number of benzene rings is 1. The highest BCUT2D eigenvalue weighted by molar-refractivity contribution is 8.00. The first-order valence-corrected chi connectivity index (χ1v) is 10.2. The molecule has 1 N–H and O–H groups in total. The van der Waals surface area contributed by atoms with Crippen LogP contribution in [-0.2, 0) is 9.53 Å². The average molecular weight is 417 g/mol. The van der Waals surface area contributed by atoms with Crippen LogP contribution in [0.5, 0.6) is 11.5 Å². The summed E-state index contributed by atoms with van der Waals surface area (Å²) < 4.78 is 16.3. The number of H-pyrrole nitrogens is 1. The predicted molar refractivity (Wildman–Crippen MR) is 108 cm³/mol. The van der Waals surface area contributed by atoms with Crippen molar-refractivity contribution in [2.24, 2.45) is 0 Å². The zero-order chi connectivity index (χ0) is 21.1. The van der Waals surface area contributed by atoms with Gasteiger partial charge in [-0.25, -0.2) is 0 Å². The minimum atomic E-state index is -0.958. The van der Waals surface area contributed by atoms with Gasteiger partial charge in [-0.3, -0.25) is 14.4 Å². The van der Waals surface area contributed by atoms with Gasteiger partial charge in [0.15, 0.2) is 23.4 Å². The third kappa shape index (κ3) is 4.64. The van der Waals surface area contributed by atoms with Crippen molar-refractivity contribution >= 4 is 29.3 Å². The van der Waals surface area contributed by atoms with Gasteiger partial charge in [0, 0.05) is 16.2 Å². The number of esters is 1. The summed E-state index contributed by atoms with van der Waals surface area (Å²) in [5.74, 6) is 0.407. The van der Waals surface area contributed by atoms with Crippen molar-refractivity contribution < 1.29 is 28.6 Å². The standard InChI is InChI=1S/C21H23NO6S/c1-11-19(13(3)23)12(2)22-20(11)21(25)14(4)28-18(24)10-29-15-5-6-16-17(9-15)27-8-7-26-16/h5-6,9,14,22H,7-8,10H2,1-4H3/t14-/m1/s1. The number of fused-ring (bicyclic) bond motifs is 1. The highest BCUT2D eigenvalue weighted by Crippen LogP contribution is 2.34. The second-order valence-electron chi connectivity index (χ2n) is 6.77. The zero-order valence-electron chi connectivity index (χ0n) is 16.8. The maximum atomic E-state index is 12.7. The fourth-order valence-electron chi connectivity index (χ4n) is 3.27. The zero-order valence-corrected chi connectivity index (χ0v) is 17.6. The molecule has 1 aromatic carbocycles. The van der Waals surface area contributed by atoms with E-state index in [1.807, 2.05) is 12.1 Å². The molecule has 3 rings (SSSR count). The highest BCUT2D eigenvalue weighted by atomic mass is 32.2. The summed E-state index contributed by atoms with van der Waals surface area (Å²) in [6.45, 7) is 7.44. The van der Waals surface area contributed by atoms with Gasteiger partial charge in [0.05, 0.1) is 11.4 Å². The van der Waals surface area contributed by atoms with Gasteiger partial charge < -0.3 is 19.2 Å². The molecule has 1 aromatic heterocycles. The topological polar surface area (TPSA) is 94.7 Å². The summed E-state index contributed by atoms with van der Waals surface area (Å²) in [6, 6.07) is 5.46.